The maximum absolute atomic E-state index is 11.9. The number of hydrogen-bond acceptors (Lipinski definition) is 4. The largest absolute Gasteiger partial charge is 0.341 e. The van der Waals surface area contributed by atoms with Crippen molar-refractivity contribution in [2.24, 2.45) is 0 Å². The molecule has 0 aromatic carbocycles. The van der Waals surface area contributed by atoms with Gasteiger partial charge in [0, 0.05) is 18.0 Å². The summed E-state index contributed by atoms with van der Waals surface area (Å²) < 4.78 is 0. The Morgan fingerprint density at radius 1 is 1.13 bits per heavy atom. The van der Waals surface area contributed by atoms with E-state index in [9.17, 15) is 9.59 Å². The van der Waals surface area contributed by atoms with Crippen molar-refractivity contribution in [1.82, 2.24) is 15.0 Å². The number of ketones is 2. The molecule has 3 rings (SSSR count). The van der Waals surface area contributed by atoms with Crippen LogP contribution in [0, 0.1) is 0 Å². The predicted octanol–water partition coefficient (Wildman–Crippen LogP) is 0.580. The maximum atomic E-state index is 11.9. The van der Waals surface area contributed by atoms with Gasteiger partial charge in [0.1, 0.15) is 11.4 Å². The first-order chi connectivity index (χ1) is 7.29. The van der Waals surface area contributed by atoms with Gasteiger partial charge >= 0.3 is 0 Å². The van der Waals surface area contributed by atoms with Gasteiger partial charge in [0.25, 0.3) is 0 Å². The molecule has 0 fully saturated rings. The van der Waals surface area contributed by atoms with Crippen molar-refractivity contribution < 1.29 is 9.59 Å². The summed E-state index contributed by atoms with van der Waals surface area (Å²) in [5.74, 6) is -0.464. The molecule has 2 aromatic rings. The van der Waals surface area contributed by atoms with E-state index in [-0.39, 0.29) is 23.0 Å². The third-order valence-electron chi connectivity index (χ3n) is 2.39. The van der Waals surface area contributed by atoms with Crippen molar-refractivity contribution in [3.05, 3.63) is 47.3 Å². The summed E-state index contributed by atoms with van der Waals surface area (Å²) in [6, 6.07) is 1.53. The monoisotopic (exact) mass is 199 g/mol. The molecule has 2 aromatic heterocycles. The molecule has 1 aliphatic carbocycles. The first-order valence-electron chi connectivity index (χ1n) is 4.36. The Labute approximate surface area is 84.2 Å². The van der Waals surface area contributed by atoms with Crippen LogP contribution < -0.4 is 0 Å². The smallest absolute Gasteiger partial charge is 0.214 e. The lowest BCUT2D eigenvalue weighted by Crippen LogP contribution is -2.20. The van der Waals surface area contributed by atoms with Gasteiger partial charge < -0.3 is 4.98 Å². The molecule has 0 unspecified atom stereocenters. The van der Waals surface area contributed by atoms with Gasteiger partial charge in [-0.25, -0.2) is 4.98 Å². The van der Waals surface area contributed by atoms with Crippen LogP contribution in [0.15, 0.2) is 24.8 Å². The van der Waals surface area contributed by atoms with Crippen LogP contribution in [0.4, 0.5) is 0 Å². The number of carbonyl (C=O) groups is 2. The molecule has 0 bridgehead atoms. The molecule has 1 aliphatic rings. The third kappa shape index (κ3) is 0.914. The van der Waals surface area contributed by atoms with Gasteiger partial charge in [-0.15, -0.1) is 0 Å². The average Bonchev–Trinajstić information content (AvgIpc) is 2.75. The molecule has 0 radical (unpaired) electrons. The van der Waals surface area contributed by atoms with Crippen LogP contribution in [-0.4, -0.2) is 26.5 Å². The number of carbonyl (C=O) groups excluding carboxylic acids is 2. The number of nitrogens with zero attached hydrogens (tertiary/aromatic N) is 2. The second-order valence-corrected chi connectivity index (χ2v) is 3.21. The highest BCUT2D eigenvalue weighted by atomic mass is 16.1. The highest BCUT2D eigenvalue weighted by molar-refractivity contribution is 6.26. The number of rotatable bonds is 0. The Bertz CT molecular complexity index is 536. The zero-order valence-electron chi connectivity index (χ0n) is 7.52. The minimum atomic E-state index is -0.233. The molecule has 15 heavy (non-hydrogen) atoms. The first-order valence-corrected chi connectivity index (χ1v) is 4.36. The minimum Gasteiger partial charge on any atom is -0.341 e. The van der Waals surface area contributed by atoms with Gasteiger partial charge in [0.2, 0.25) is 11.6 Å². The maximum Gasteiger partial charge on any atom is 0.214 e. The van der Waals surface area contributed by atoms with Crippen molar-refractivity contribution in [2.45, 2.75) is 0 Å². The first kappa shape index (κ1) is 8.05. The van der Waals surface area contributed by atoms with E-state index >= 15 is 0 Å². The summed E-state index contributed by atoms with van der Waals surface area (Å²) in [5.41, 5.74) is 1.15. The number of aromatic nitrogens is 3. The number of fused-ring (bicyclic) bond motifs is 2. The van der Waals surface area contributed by atoms with Crippen LogP contribution in [0.1, 0.15) is 32.1 Å². The van der Waals surface area contributed by atoms with Crippen LogP contribution in [0.5, 0.6) is 0 Å². The Kier molecular flexibility index (Phi) is 1.39. The Hall–Kier alpha value is -2.30. The summed E-state index contributed by atoms with van der Waals surface area (Å²) in [5, 5.41) is 0. The van der Waals surface area contributed by atoms with Gasteiger partial charge in [0.05, 0.1) is 11.9 Å². The van der Waals surface area contributed by atoms with Gasteiger partial charge in [-0.1, -0.05) is 0 Å². The Morgan fingerprint density at radius 2 is 2.00 bits per heavy atom. The second kappa shape index (κ2) is 2.60. The molecule has 5 nitrogen and oxygen atoms in total. The molecule has 0 atom stereocenters. The van der Waals surface area contributed by atoms with E-state index in [1.165, 1.54) is 24.8 Å². The molecule has 0 spiro atoms. The summed E-state index contributed by atoms with van der Waals surface area (Å²) in [6.45, 7) is 0. The Morgan fingerprint density at radius 3 is 2.87 bits per heavy atom. The number of imidazole rings is 1. The number of hydrogen-bond donors (Lipinski definition) is 1. The molecule has 1 N–H and O–H groups in total. The fourth-order valence-corrected chi connectivity index (χ4v) is 1.68. The van der Waals surface area contributed by atoms with Crippen LogP contribution in [0.2, 0.25) is 0 Å². The molecular formula is C10H5N3O2. The van der Waals surface area contributed by atoms with E-state index in [1.807, 2.05) is 0 Å². The van der Waals surface area contributed by atoms with E-state index < -0.39 is 0 Å². The Balaban J connectivity index is 2.36. The molecule has 2 heterocycles. The highest BCUT2D eigenvalue weighted by Crippen LogP contribution is 2.23. The summed E-state index contributed by atoms with van der Waals surface area (Å²) >= 11 is 0. The molecule has 5 heteroatoms. The van der Waals surface area contributed by atoms with Gasteiger partial charge in [-0.3, -0.25) is 14.6 Å². The summed E-state index contributed by atoms with van der Waals surface area (Å²) in [6.07, 6.45) is 4.24. The van der Waals surface area contributed by atoms with E-state index in [0.717, 1.165) is 0 Å². The van der Waals surface area contributed by atoms with Crippen molar-refractivity contribution in [3.63, 3.8) is 0 Å². The number of H-pyrrole nitrogens is 1. The zero-order valence-corrected chi connectivity index (χ0v) is 7.52. The lowest BCUT2D eigenvalue weighted by molar-refractivity contribution is 0.0973. The standard InChI is InChI=1S/C10H5N3O2/c14-9-5-1-2-11-3-6(5)10(15)8-7(9)12-4-13-8/h1-4H,(H,12,13). The fourth-order valence-electron chi connectivity index (χ4n) is 1.68. The molecule has 72 valence electrons. The van der Waals surface area contributed by atoms with Crippen molar-refractivity contribution in [3.8, 4) is 0 Å². The van der Waals surface area contributed by atoms with E-state index in [4.69, 9.17) is 0 Å². The van der Waals surface area contributed by atoms with Gasteiger partial charge in [-0.05, 0) is 6.07 Å². The van der Waals surface area contributed by atoms with Crippen molar-refractivity contribution in [1.29, 1.82) is 0 Å². The van der Waals surface area contributed by atoms with Gasteiger partial charge in [0.15, 0.2) is 0 Å². The third-order valence-corrected chi connectivity index (χ3v) is 2.39. The topological polar surface area (TPSA) is 75.7 Å². The lowest BCUT2D eigenvalue weighted by Gasteiger charge is -2.11. The van der Waals surface area contributed by atoms with Crippen LogP contribution >= 0.6 is 0 Å². The molecule has 0 amide bonds. The normalized spacial score (nSPS) is 13.6. The summed E-state index contributed by atoms with van der Waals surface area (Å²) in [7, 11) is 0. The molecule has 0 saturated carbocycles. The molecular weight excluding hydrogens is 194 g/mol. The highest BCUT2D eigenvalue weighted by Gasteiger charge is 2.31. The van der Waals surface area contributed by atoms with Crippen molar-refractivity contribution >= 4 is 11.6 Å². The zero-order chi connectivity index (χ0) is 10.4. The van der Waals surface area contributed by atoms with Crippen LogP contribution in [0.25, 0.3) is 0 Å². The lowest BCUT2D eigenvalue weighted by atomic mass is 9.92. The van der Waals surface area contributed by atoms with Crippen molar-refractivity contribution in [2.75, 3.05) is 0 Å². The van der Waals surface area contributed by atoms with Crippen LogP contribution in [0.3, 0.4) is 0 Å². The number of aromatic amines is 1. The average molecular weight is 199 g/mol. The SMILES string of the molecule is O=C1c2ccncc2C(=O)c2[nH]cnc21. The van der Waals surface area contributed by atoms with E-state index in [0.29, 0.717) is 11.1 Å². The number of nitrogens with one attached hydrogen (secondary N) is 1. The fraction of sp³-hybridized carbons (Fsp3) is 0. The number of pyridine rings is 1. The molecule has 0 saturated heterocycles. The van der Waals surface area contributed by atoms with E-state index in [1.54, 1.807) is 0 Å². The summed E-state index contributed by atoms with van der Waals surface area (Å²) in [4.78, 5) is 34.0. The quantitative estimate of drug-likeness (QED) is 0.574. The van der Waals surface area contributed by atoms with Crippen LogP contribution in [-0.2, 0) is 0 Å². The van der Waals surface area contributed by atoms with E-state index in [2.05, 4.69) is 15.0 Å². The molecule has 0 aliphatic heterocycles. The predicted molar refractivity (Wildman–Crippen MR) is 49.7 cm³/mol. The second-order valence-electron chi connectivity index (χ2n) is 3.21. The van der Waals surface area contributed by atoms with Gasteiger partial charge in [-0.2, -0.15) is 0 Å². The minimum absolute atomic E-state index is 0.193.